The van der Waals surface area contributed by atoms with E-state index in [1.54, 1.807) is 27.9 Å². The van der Waals surface area contributed by atoms with Crippen molar-refractivity contribution in [3.05, 3.63) is 52.6 Å². The molecule has 1 aromatic carbocycles. The summed E-state index contributed by atoms with van der Waals surface area (Å²) in [5.41, 5.74) is 1.30. The minimum absolute atomic E-state index is 0.0854. The number of carbonyl (C=O) groups is 2. The summed E-state index contributed by atoms with van der Waals surface area (Å²) >= 11 is 5.80. The van der Waals surface area contributed by atoms with Crippen molar-refractivity contribution in [1.82, 2.24) is 20.2 Å². The van der Waals surface area contributed by atoms with Crippen molar-refractivity contribution in [2.45, 2.75) is 51.5 Å². The molecule has 0 fully saturated rings. The van der Waals surface area contributed by atoms with Crippen LogP contribution in [0.15, 0.2) is 30.6 Å². The van der Waals surface area contributed by atoms with Crippen LogP contribution >= 0.6 is 11.6 Å². The van der Waals surface area contributed by atoms with Gasteiger partial charge in [-0.1, -0.05) is 17.7 Å². The Morgan fingerprint density at radius 1 is 1.28 bits per heavy atom. The molecule has 2 amide bonds. The number of carbonyl (C=O) groups excluding carboxylic acids is 2. The van der Waals surface area contributed by atoms with E-state index in [2.05, 4.69) is 15.3 Å². The van der Waals surface area contributed by atoms with E-state index in [0.717, 1.165) is 11.1 Å². The third-order valence-electron chi connectivity index (χ3n) is 4.99. The van der Waals surface area contributed by atoms with E-state index in [9.17, 15) is 14.7 Å². The Labute approximate surface area is 191 Å². The highest BCUT2D eigenvalue weighted by Gasteiger charge is 2.37. The van der Waals surface area contributed by atoms with E-state index in [1.165, 1.54) is 17.3 Å². The number of methoxy groups -OCH3 is 1. The Kier molecular flexibility index (Phi) is 7.20. The Morgan fingerprint density at radius 3 is 2.69 bits per heavy atom. The summed E-state index contributed by atoms with van der Waals surface area (Å²) in [5, 5.41) is 13.7. The molecule has 2 aromatic rings. The molecule has 2 atom stereocenters. The maximum atomic E-state index is 12.9. The van der Waals surface area contributed by atoms with E-state index < -0.39 is 29.7 Å². The number of amides is 2. The smallest absolute Gasteiger partial charge is 0.410 e. The fraction of sp³-hybridized carbons (Fsp3) is 0.455. The van der Waals surface area contributed by atoms with Crippen LogP contribution in [0, 0.1) is 0 Å². The zero-order valence-corrected chi connectivity index (χ0v) is 19.2. The Balaban J connectivity index is 1.78. The summed E-state index contributed by atoms with van der Waals surface area (Å²) in [4.78, 5) is 34.4. The second-order valence-corrected chi connectivity index (χ2v) is 8.90. The predicted molar refractivity (Wildman–Crippen MR) is 118 cm³/mol. The second kappa shape index (κ2) is 9.70. The van der Waals surface area contributed by atoms with Crippen molar-refractivity contribution in [1.29, 1.82) is 0 Å². The van der Waals surface area contributed by atoms with E-state index >= 15 is 0 Å². The molecule has 0 saturated heterocycles. The van der Waals surface area contributed by atoms with Gasteiger partial charge in [0.25, 0.3) is 5.91 Å². The first-order valence-corrected chi connectivity index (χ1v) is 10.5. The van der Waals surface area contributed by atoms with Crippen LogP contribution in [-0.4, -0.2) is 63.4 Å². The van der Waals surface area contributed by atoms with Crippen LogP contribution in [0.3, 0.4) is 0 Å². The van der Waals surface area contributed by atoms with Crippen molar-refractivity contribution in [2.75, 3.05) is 13.7 Å². The molecule has 0 aliphatic carbocycles. The molecule has 2 heterocycles. The van der Waals surface area contributed by atoms with Gasteiger partial charge in [-0.05, 0) is 50.5 Å². The summed E-state index contributed by atoms with van der Waals surface area (Å²) in [6.45, 7) is 5.51. The van der Waals surface area contributed by atoms with Crippen molar-refractivity contribution < 1.29 is 24.2 Å². The largest absolute Gasteiger partial charge is 0.497 e. The Hall–Kier alpha value is -2.91. The number of ether oxygens (including phenoxy) is 2. The third kappa shape index (κ3) is 5.86. The van der Waals surface area contributed by atoms with E-state index in [0.29, 0.717) is 12.2 Å². The third-order valence-corrected chi connectivity index (χ3v) is 5.20. The summed E-state index contributed by atoms with van der Waals surface area (Å²) in [7, 11) is 1.58. The highest BCUT2D eigenvalue weighted by Crippen LogP contribution is 2.29. The Morgan fingerprint density at radius 2 is 2.03 bits per heavy atom. The lowest BCUT2D eigenvalue weighted by molar-refractivity contribution is -0.0113. The van der Waals surface area contributed by atoms with Gasteiger partial charge in [-0.25, -0.2) is 14.8 Å². The fourth-order valence-corrected chi connectivity index (χ4v) is 3.60. The molecule has 0 bridgehead atoms. The van der Waals surface area contributed by atoms with Gasteiger partial charge >= 0.3 is 6.09 Å². The standard InChI is InChI=1S/C22H27ClN4O5/c1-22(2,3)32-21(30)27-11-14-7-15(31-4)6-5-13(14)8-17(27)18(28)10-24-20(29)16-9-19(23)26-12-25-16/h5-7,9,12,17-18,28H,8,10-11H2,1-4H3,(H,24,29)/t17?,18-/m1/s1. The van der Waals surface area contributed by atoms with E-state index in [-0.39, 0.29) is 23.9 Å². The normalized spacial score (nSPS) is 16.7. The lowest BCUT2D eigenvalue weighted by Crippen LogP contribution is -2.54. The maximum absolute atomic E-state index is 12.9. The molecule has 32 heavy (non-hydrogen) atoms. The number of aliphatic hydroxyl groups is 1. The van der Waals surface area contributed by atoms with Crippen LogP contribution < -0.4 is 10.1 Å². The molecular weight excluding hydrogens is 436 g/mol. The van der Waals surface area contributed by atoms with Crippen molar-refractivity contribution in [3.63, 3.8) is 0 Å². The summed E-state index contributed by atoms with van der Waals surface area (Å²) in [5.74, 6) is 0.181. The number of hydrogen-bond acceptors (Lipinski definition) is 7. The maximum Gasteiger partial charge on any atom is 0.410 e. The average Bonchev–Trinajstić information content (AvgIpc) is 2.74. The first-order chi connectivity index (χ1) is 15.1. The van der Waals surface area contributed by atoms with Gasteiger partial charge in [0.1, 0.15) is 28.5 Å². The highest BCUT2D eigenvalue weighted by molar-refractivity contribution is 6.29. The number of hydrogen-bond donors (Lipinski definition) is 2. The molecule has 0 radical (unpaired) electrons. The fourth-order valence-electron chi connectivity index (χ4n) is 3.46. The molecule has 9 nitrogen and oxygen atoms in total. The first kappa shape index (κ1) is 23.7. The number of nitrogens with zero attached hydrogens (tertiary/aromatic N) is 3. The molecular formula is C22H27ClN4O5. The van der Waals surface area contributed by atoms with Gasteiger partial charge in [0.15, 0.2) is 0 Å². The topological polar surface area (TPSA) is 114 Å². The van der Waals surface area contributed by atoms with Crippen molar-refractivity contribution in [3.8, 4) is 5.75 Å². The van der Waals surface area contributed by atoms with Crippen LogP contribution in [0.5, 0.6) is 5.75 Å². The van der Waals surface area contributed by atoms with Crippen LogP contribution in [0.4, 0.5) is 4.79 Å². The van der Waals surface area contributed by atoms with Gasteiger partial charge in [0.2, 0.25) is 0 Å². The van der Waals surface area contributed by atoms with E-state index in [4.69, 9.17) is 21.1 Å². The van der Waals surface area contributed by atoms with Crippen molar-refractivity contribution >= 4 is 23.6 Å². The minimum Gasteiger partial charge on any atom is -0.497 e. The van der Waals surface area contributed by atoms with Crippen LogP contribution in [0.1, 0.15) is 42.4 Å². The zero-order chi connectivity index (χ0) is 23.5. The summed E-state index contributed by atoms with van der Waals surface area (Å²) < 4.78 is 10.9. The molecule has 2 N–H and O–H groups in total. The Bertz CT molecular complexity index is 995. The van der Waals surface area contributed by atoms with E-state index in [1.807, 2.05) is 18.2 Å². The number of aliphatic hydroxyl groups excluding tert-OH is 1. The number of aromatic nitrogens is 2. The summed E-state index contributed by atoms with van der Waals surface area (Å²) in [6.07, 6.45) is 0.00194. The lowest BCUT2D eigenvalue weighted by Gasteiger charge is -2.40. The number of rotatable bonds is 5. The quantitative estimate of drug-likeness (QED) is 0.656. The molecule has 1 aliphatic heterocycles. The summed E-state index contributed by atoms with van der Waals surface area (Å²) in [6, 6.07) is 6.37. The van der Waals surface area contributed by atoms with Gasteiger partial charge in [-0.3, -0.25) is 9.69 Å². The van der Waals surface area contributed by atoms with Crippen molar-refractivity contribution in [2.24, 2.45) is 0 Å². The molecule has 1 aromatic heterocycles. The second-order valence-electron chi connectivity index (χ2n) is 8.52. The van der Waals surface area contributed by atoms with Gasteiger partial charge in [0.05, 0.1) is 19.3 Å². The molecule has 0 spiro atoms. The highest BCUT2D eigenvalue weighted by atomic mass is 35.5. The van der Waals surface area contributed by atoms with Crippen LogP contribution in [-0.2, 0) is 17.7 Å². The number of halogens is 1. The van der Waals surface area contributed by atoms with Crippen LogP contribution in [0.2, 0.25) is 5.15 Å². The van der Waals surface area contributed by atoms with Crippen LogP contribution in [0.25, 0.3) is 0 Å². The monoisotopic (exact) mass is 462 g/mol. The van der Waals surface area contributed by atoms with Gasteiger partial charge in [-0.15, -0.1) is 0 Å². The minimum atomic E-state index is -1.04. The molecule has 10 heteroatoms. The number of nitrogens with one attached hydrogen (secondary N) is 1. The number of fused-ring (bicyclic) bond motifs is 1. The molecule has 1 unspecified atom stereocenters. The molecule has 3 rings (SSSR count). The number of benzene rings is 1. The predicted octanol–water partition coefficient (Wildman–Crippen LogP) is 2.59. The molecule has 172 valence electrons. The van der Waals surface area contributed by atoms with Gasteiger partial charge in [-0.2, -0.15) is 0 Å². The zero-order valence-electron chi connectivity index (χ0n) is 18.5. The molecule has 0 saturated carbocycles. The average molecular weight is 463 g/mol. The SMILES string of the molecule is COc1ccc2c(c1)CN(C(=O)OC(C)(C)C)C([C@H](O)CNC(=O)c1cc(Cl)ncn1)C2. The van der Waals surface area contributed by atoms with Gasteiger partial charge < -0.3 is 19.9 Å². The first-order valence-electron chi connectivity index (χ1n) is 10.2. The lowest BCUT2D eigenvalue weighted by atomic mass is 9.91. The van der Waals surface area contributed by atoms with Gasteiger partial charge in [0, 0.05) is 19.2 Å². The molecule has 1 aliphatic rings.